The van der Waals surface area contributed by atoms with Crippen molar-refractivity contribution in [3.8, 4) is 0 Å². The predicted octanol–water partition coefficient (Wildman–Crippen LogP) is 1.83. The fourth-order valence-corrected chi connectivity index (χ4v) is 1.93. The van der Waals surface area contributed by atoms with Crippen molar-refractivity contribution in [1.82, 2.24) is 0 Å². The van der Waals surface area contributed by atoms with Gasteiger partial charge in [0.05, 0.1) is 0 Å². The number of nitrogens with two attached hydrogens (primary N) is 1. The molecule has 1 saturated carbocycles. The molecule has 1 radical (unpaired) electrons. The molecular formula is C9H18N. The van der Waals surface area contributed by atoms with Gasteiger partial charge in [-0.2, -0.15) is 0 Å². The molecule has 1 rings (SSSR count). The molecule has 1 heteroatoms. The Bertz CT molecular complexity index is 129. The highest BCUT2D eigenvalue weighted by Crippen LogP contribution is 2.44. The van der Waals surface area contributed by atoms with Gasteiger partial charge in [-0.3, -0.25) is 0 Å². The Hall–Kier alpha value is -0.0400. The van der Waals surface area contributed by atoms with E-state index < -0.39 is 0 Å². The predicted molar refractivity (Wildman–Crippen MR) is 44.4 cm³/mol. The van der Waals surface area contributed by atoms with Gasteiger partial charge in [0, 0.05) is 6.04 Å². The van der Waals surface area contributed by atoms with Crippen LogP contribution >= 0.6 is 0 Å². The average Bonchev–Trinajstić information content (AvgIpc) is 1.95. The molecule has 1 fully saturated rings. The van der Waals surface area contributed by atoms with Crippen LogP contribution in [0.25, 0.3) is 0 Å². The van der Waals surface area contributed by atoms with Crippen molar-refractivity contribution >= 4 is 0 Å². The SMILES string of the molecule is [CH2]C1CC(C)(C)C(C)C1N. The van der Waals surface area contributed by atoms with Gasteiger partial charge in [-0.05, 0) is 30.6 Å². The molecule has 59 valence electrons. The Balaban J connectivity index is 2.71. The van der Waals surface area contributed by atoms with E-state index in [1.54, 1.807) is 0 Å². The fourth-order valence-electron chi connectivity index (χ4n) is 1.93. The summed E-state index contributed by atoms with van der Waals surface area (Å²) in [6.07, 6.45) is 1.18. The lowest BCUT2D eigenvalue weighted by atomic mass is 9.82. The van der Waals surface area contributed by atoms with E-state index in [2.05, 4.69) is 27.7 Å². The first kappa shape index (κ1) is 8.06. The minimum atomic E-state index is 0.315. The molecule has 2 N–H and O–H groups in total. The van der Waals surface area contributed by atoms with Crippen molar-refractivity contribution in [3.05, 3.63) is 6.92 Å². The van der Waals surface area contributed by atoms with Gasteiger partial charge in [0.2, 0.25) is 0 Å². The summed E-state index contributed by atoms with van der Waals surface area (Å²) in [5.74, 6) is 1.08. The van der Waals surface area contributed by atoms with Crippen LogP contribution in [0.1, 0.15) is 27.2 Å². The standard InChI is InChI=1S/C9H18N/c1-6-5-9(3,4)7(2)8(6)10/h6-8H,1,5,10H2,2-4H3. The van der Waals surface area contributed by atoms with Crippen molar-refractivity contribution in [2.24, 2.45) is 23.0 Å². The zero-order chi connectivity index (χ0) is 7.94. The number of hydrogen-bond acceptors (Lipinski definition) is 1. The van der Waals surface area contributed by atoms with Crippen LogP contribution in [0.5, 0.6) is 0 Å². The number of rotatable bonds is 0. The normalized spacial score (nSPS) is 45.9. The molecular weight excluding hydrogens is 122 g/mol. The van der Waals surface area contributed by atoms with Gasteiger partial charge in [0.1, 0.15) is 0 Å². The van der Waals surface area contributed by atoms with Crippen LogP contribution in [-0.2, 0) is 0 Å². The zero-order valence-electron chi connectivity index (χ0n) is 7.22. The third kappa shape index (κ3) is 1.07. The van der Waals surface area contributed by atoms with Crippen molar-refractivity contribution in [1.29, 1.82) is 0 Å². The molecule has 0 aromatic rings. The second-order valence-electron chi connectivity index (χ2n) is 4.32. The largest absolute Gasteiger partial charge is 0.327 e. The van der Waals surface area contributed by atoms with E-state index in [1.807, 2.05) is 0 Å². The van der Waals surface area contributed by atoms with Crippen molar-refractivity contribution < 1.29 is 0 Å². The molecule has 3 atom stereocenters. The molecule has 0 bridgehead atoms. The van der Waals surface area contributed by atoms with Crippen LogP contribution < -0.4 is 5.73 Å². The van der Waals surface area contributed by atoms with Crippen LogP contribution in [0.4, 0.5) is 0 Å². The Kier molecular flexibility index (Phi) is 1.80. The first-order valence-electron chi connectivity index (χ1n) is 4.04. The Morgan fingerprint density at radius 3 is 2.10 bits per heavy atom. The molecule has 3 unspecified atom stereocenters. The summed E-state index contributed by atoms with van der Waals surface area (Å²) < 4.78 is 0. The first-order valence-corrected chi connectivity index (χ1v) is 4.04. The summed E-state index contributed by atoms with van der Waals surface area (Å²) >= 11 is 0. The second-order valence-corrected chi connectivity index (χ2v) is 4.32. The maximum absolute atomic E-state index is 5.93. The second kappa shape index (κ2) is 2.23. The molecule has 1 aliphatic rings. The van der Waals surface area contributed by atoms with E-state index in [0.29, 0.717) is 23.3 Å². The molecule has 0 aromatic heterocycles. The van der Waals surface area contributed by atoms with Gasteiger partial charge in [-0.15, -0.1) is 0 Å². The summed E-state index contributed by atoms with van der Waals surface area (Å²) in [7, 11) is 0. The number of hydrogen-bond donors (Lipinski definition) is 1. The van der Waals surface area contributed by atoms with E-state index in [4.69, 9.17) is 5.73 Å². The molecule has 1 aliphatic carbocycles. The Morgan fingerprint density at radius 1 is 1.50 bits per heavy atom. The maximum atomic E-state index is 5.93. The molecule has 1 nitrogen and oxygen atoms in total. The first-order chi connectivity index (χ1) is 4.45. The quantitative estimate of drug-likeness (QED) is 0.546. The van der Waals surface area contributed by atoms with Crippen LogP contribution in [0.15, 0.2) is 0 Å². The minimum absolute atomic E-state index is 0.315. The van der Waals surface area contributed by atoms with E-state index in [1.165, 1.54) is 6.42 Å². The molecule has 10 heavy (non-hydrogen) atoms. The minimum Gasteiger partial charge on any atom is -0.327 e. The monoisotopic (exact) mass is 140 g/mol. The molecule has 0 heterocycles. The van der Waals surface area contributed by atoms with Crippen molar-refractivity contribution in [2.75, 3.05) is 0 Å². The highest BCUT2D eigenvalue weighted by atomic mass is 14.7. The van der Waals surface area contributed by atoms with Gasteiger partial charge in [-0.25, -0.2) is 0 Å². The molecule has 0 amide bonds. The van der Waals surface area contributed by atoms with Crippen molar-refractivity contribution in [3.63, 3.8) is 0 Å². The van der Waals surface area contributed by atoms with E-state index in [9.17, 15) is 0 Å². The van der Waals surface area contributed by atoms with Gasteiger partial charge in [-0.1, -0.05) is 20.8 Å². The van der Waals surface area contributed by atoms with Crippen LogP contribution in [-0.4, -0.2) is 6.04 Å². The smallest absolute Gasteiger partial charge is 0.00982 e. The summed E-state index contributed by atoms with van der Waals surface area (Å²) in [5.41, 5.74) is 6.34. The summed E-state index contributed by atoms with van der Waals surface area (Å²) in [6, 6.07) is 0.315. The molecule has 0 aliphatic heterocycles. The third-order valence-electron chi connectivity index (χ3n) is 3.14. The van der Waals surface area contributed by atoms with Gasteiger partial charge < -0.3 is 5.73 Å². The lowest BCUT2D eigenvalue weighted by Gasteiger charge is -2.24. The molecule has 0 saturated heterocycles. The van der Waals surface area contributed by atoms with Gasteiger partial charge in [0.15, 0.2) is 0 Å². The third-order valence-corrected chi connectivity index (χ3v) is 3.14. The highest BCUT2D eigenvalue weighted by Gasteiger charge is 2.41. The van der Waals surface area contributed by atoms with E-state index in [0.717, 1.165) is 0 Å². The van der Waals surface area contributed by atoms with Crippen LogP contribution in [0.2, 0.25) is 0 Å². The van der Waals surface area contributed by atoms with Gasteiger partial charge >= 0.3 is 0 Å². The topological polar surface area (TPSA) is 26.0 Å². The van der Waals surface area contributed by atoms with Crippen molar-refractivity contribution in [2.45, 2.75) is 33.2 Å². The zero-order valence-corrected chi connectivity index (χ0v) is 7.22. The van der Waals surface area contributed by atoms with E-state index in [-0.39, 0.29) is 0 Å². The summed E-state index contributed by atoms with van der Waals surface area (Å²) in [4.78, 5) is 0. The highest BCUT2D eigenvalue weighted by molar-refractivity contribution is 4.97. The summed E-state index contributed by atoms with van der Waals surface area (Å²) in [6.45, 7) is 10.8. The lowest BCUT2D eigenvalue weighted by Crippen LogP contribution is -2.31. The molecule has 0 spiro atoms. The van der Waals surface area contributed by atoms with Crippen LogP contribution in [0, 0.1) is 24.2 Å². The maximum Gasteiger partial charge on any atom is 0.00982 e. The molecule has 0 aromatic carbocycles. The van der Waals surface area contributed by atoms with Gasteiger partial charge in [0.25, 0.3) is 0 Å². The van der Waals surface area contributed by atoms with E-state index >= 15 is 0 Å². The fraction of sp³-hybridized carbons (Fsp3) is 0.889. The van der Waals surface area contributed by atoms with Crippen LogP contribution in [0.3, 0.4) is 0 Å². The summed E-state index contributed by atoms with van der Waals surface area (Å²) in [5, 5.41) is 0. The Labute approximate surface area is 64.0 Å². The lowest BCUT2D eigenvalue weighted by molar-refractivity contribution is 0.267. The Morgan fingerprint density at radius 2 is 2.00 bits per heavy atom. The average molecular weight is 140 g/mol.